The van der Waals surface area contributed by atoms with Crippen molar-refractivity contribution in [3.63, 3.8) is 0 Å². The Morgan fingerprint density at radius 2 is 2.00 bits per heavy atom. The predicted molar refractivity (Wildman–Crippen MR) is 100 cm³/mol. The lowest BCUT2D eigenvalue weighted by molar-refractivity contribution is 0.0527. The van der Waals surface area contributed by atoms with E-state index >= 15 is 0 Å². The lowest BCUT2D eigenvalue weighted by atomic mass is 10.1. The highest BCUT2D eigenvalue weighted by Crippen LogP contribution is 2.17. The second-order valence-electron chi connectivity index (χ2n) is 7.16. The Morgan fingerprint density at radius 3 is 2.64 bits per heavy atom. The lowest BCUT2D eigenvalue weighted by Gasteiger charge is -2.19. The van der Waals surface area contributed by atoms with Crippen molar-refractivity contribution in [1.29, 1.82) is 0 Å². The molecule has 2 N–H and O–H groups in total. The molecule has 0 aromatic carbocycles. The summed E-state index contributed by atoms with van der Waals surface area (Å²) in [4.78, 5) is 28.2. The van der Waals surface area contributed by atoms with E-state index in [1.54, 1.807) is 18.3 Å². The number of anilines is 1. The van der Waals surface area contributed by atoms with Crippen LogP contribution in [0.15, 0.2) is 18.3 Å². The van der Waals surface area contributed by atoms with Gasteiger partial charge in [0.25, 0.3) is 0 Å². The second kappa shape index (κ2) is 10.0. The van der Waals surface area contributed by atoms with Gasteiger partial charge in [-0.3, -0.25) is 4.79 Å². The molecule has 0 aliphatic carbocycles. The van der Waals surface area contributed by atoms with E-state index in [1.807, 2.05) is 20.8 Å². The first-order chi connectivity index (χ1) is 11.7. The number of ether oxygens (including phenoxy) is 1. The summed E-state index contributed by atoms with van der Waals surface area (Å²) in [6.45, 7) is 10.1. The Kier molecular flexibility index (Phi) is 8.38. The fourth-order valence-electron chi connectivity index (χ4n) is 2.13. The number of ketones is 1. The summed E-state index contributed by atoms with van der Waals surface area (Å²) in [6, 6.07) is 3.84. The third-order valence-electron chi connectivity index (χ3n) is 3.60. The average molecular weight is 349 g/mol. The molecule has 0 bridgehead atoms. The number of nitrogens with one attached hydrogen (secondary N) is 2. The molecule has 0 aliphatic rings. The molecule has 0 spiro atoms. The van der Waals surface area contributed by atoms with Crippen LogP contribution in [0.5, 0.6) is 0 Å². The number of hydrogen-bond donors (Lipinski definition) is 2. The molecular weight excluding hydrogens is 318 g/mol. The molecule has 140 valence electrons. The summed E-state index contributed by atoms with van der Waals surface area (Å²) in [6.07, 6.45) is 4.07. The summed E-state index contributed by atoms with van der Waals surface area (Å²) in [5.41, 5.74) is 0.127. The third-order valence-corrected chi connectivity index (χ3v) is 3.60. The number of Topliss-reactive ketones (excluding diaryl/α,β-unsaturated/α-hetero) is 1. The van der Waals surface area contributed by atoms with Gasteiger partial charge in [0.05, 0.1) is 5.56 Å². The van der Waals surface area contributed by atoms with Gasteiger partial charge in [0.2, 0.25) is 0 Å². The van der Waals surface area contributed by atoms with E-state index in [0.717, 1.165) is 12.8 Å². The van der Waals surface area contributed by atoms with Crippen LogP contribution < -0.4 is 10.6 Å². The van der Waals surface area contributed by atoms with Crippen molar-refractivity contribution >= 4 is 17.7 Å². The number of unbranched alkanes of at least 4 members (excludes halogenated alkanes) is 1. The summed E-state index contributed by atoms with van der Waals surface area (Å²) < 4.78 is 5.16. The van der Waals surface area contributed by atoms with Crippen molar-refractivity contribution in [3.8, 4) is 0 Å². The highest BCUT2D eigenvalue weighted by atomic mass is 16.6. The average Bonchev–Trinajstić information content (AvgIpc) is 2.53. The number of hydrogen-bond acceptors (Lipinski definition) is 5. The van der Waals surface area contributed by atoms with Gasteiger partial charge in [0.15, 0.2) is 5.78 Å². The molecule has 0 radical (unpaired) electrons. The maximum absolute atomic E-state index is 12.4. The van der Waals surface area contributed by atoms with Crippen molar-refractivity contribution in [2.45, 2.75) is 71.9 Å². The zero-order chi connectivity index (χ0) is 18.9. The Bertz CT molecular complexity index is 567. The van der Waals surface area contributed by atoms with Crippen molar-refractivity contribution in [2.24, 2.45) is 0 Å². The van der Waals surface area contributed by atoms with Gasteiger partial charge in [0.1, 0.15) is 11.4 Å². The molecule has 1 atom stereocenters. The van der Waals surface area contributed by atoms with Gasteiger partial charge in [-0.2, -0.15) is 0 Å². The minimum atomic E-state index is -0.501. The van der Waals surface area contributed by atoms with E-state index in [9.17, 15) is 9.59 Å². The van der Waals surface area contributed by atoms with Gasteiger partial charge in [-0.1, -0.05) is 6.92 Å². The second-order valence-corrected chi connectivity index (χ2v) is 7.16. The molecule has 1 amide bonds. The largest absolute Gasteiger partial charge is 0.444 e. The molecule has 6 nitrogen and oxygen atoms in total. The first kappa shape index (κ1) is 20.9. The number of amides is 1. The zero-order valence-electron chi connectivity index (χ0n) is 16.0. The minimum absolute atomic E-state index is 0.0659. The molecule has 0 fully saturated rings. The number of aromatic nitrogens is 1. The smallest absolute Gasteiger partial charge is 0.407 e. The van der Waals surface area contributed by atoms with E-state index in [4.69, 9.17) is 4.74 Å². The van der Waals surface area contributed by atoms with Crippen LogP contribution in [-0.2, 0) is 4.74 Å². The van der Waals surface area contributed by atoms with Crippen molar-refractivity contribution in [2.75, 3.05) is 11.9 Å². The number of rotatable bonds is 9. The Hall–Kier alpha value is -2.11. The van der Waals surface area contributed by atoms with Gasteiger partial charge in [-0.15, -0.1) is 0 Å². The van der Waals surface area contributed by atoms with Crippen LogP contribution in [0.25, 0.3) is 0 Å². The molecular formula is C19H31N3O3. The Labute approximate surface area is 150 Å². The number of pyridine rings is 1. The number of carbonyl (C=O) groups excluding carboxylic acids is 2. The molecule has 6 heteroatoms. The van der Waals surface area contributed by atoms with Crippen LogP contribution in [0.4, 0.5) is 10.6 Å². The van der Waals surface area contributed by atoms with Crippen LogP contribution in [0.3, 0.4) is 0 Å². The number of alkyl carbamates (subject to hydrolysis) is 1. The summed E-state index contributed by atoms with van der Waals surface area (Å²) in [5.74, 6) is 0.713. The summed E-state index contributed by atoms with van der Waals surface area (Å²) in [5, 5.41) is 5.97. The van der Waals surface area contributed by atoms with Gasteiger partial charge in [-0.05, 0) is 59.1 Å². The molecule has 0 unspecified atom stereocenters. The zero-order valence-corrected chi connectivity index (χ0v) is 16.0. The predicted octanol–water partition coefficient (Wildman–Crippen LogP) is 4.17. The maximum Gasteiger partial charge on any atom is 0.407 e. The minimum Gasteiger partial charge on any atom is -0.444 e. The van der Waals surface area contributed by atoms with E-state index in [2.05, 4.69) is 29.5 Å². The molecule has 0 saturated heterocycles. The molecule has 1 aromatic rings. The van der Waals surface area contributed by atoms with Crippen molar-refractivity contribution in [1.82, 2.24) is 10.3 Å². The standard InChI is InChI=1S/C19H31N3O3/c1-6-14(2)22-17-15(10-9-13-20-17)16(23)11-7-8-12-21-18(24)25-19(3,4)5/h9-10,13-14H,6-8,11-12H2,1-5H3,(H,20,22)(H,21,24)/t14-/m1/s1. The SMILES string of the molecule is CC[C@@H](C)Nc1ncccc1C(=O)CCCCNC(=O)OC(C)(C)C. The summed E-state index contributed by atoms with van der Waals surface area (Å²) >= 11 is 0. The van der Waals surface area contributed by atoms with E-state index in [1.165, 1.54) is 0 Å². The molecule has 0 aliphatic heterocycles. The van der Waals surface area contributed by atoms with Crippen molar-refractivity contribution in [3.05, 3.63) is 23.9 Å². The van der Waals surface area contributed by atoms with E-state index < -0.39 is 11.7 Å². The quantitative estimate of drug-likeness (QED) is 0.516. The van der Waals surface area contributed by atoms with E-state index in [0.29, 0.717) is 30.8 Å². The normalized spacial score (nSPS) is 12.4. The summed E-state index contributed by atoms with van der Waals surface area (Å²) in [7, 11) is 0. The number of carbonyl (C=O) groups is 2. The van der Waals surface area contributed by atoms with Gasteiger partial charge >= 0.3 is 6.09 Å². The maximum atomic E-state index is 12.4. The van der Waals surface area contributed by atoms with Crippen LogP contribution >= 0.6 is 0 Å². The molecule has 1 heterocycles. The molecule has 0 saturated carbocycles. The lowest BCUT2D eigenvalue weighted by Crippen LogP contribution is -2.33. The fraction of sp³-hybridized carbons (Fsp3) is 0.632. The Morgan fingerprint density at radius 1 is 1.28 bits per heavy atom. The highest BCUT2D eigenvalue weighted by molar-refractivity contribution is 6.00. The van der Waals surface area contributed by atoms with E-state index in [-0.39, 0.29) is 11.8 Å². The first-order valence-corrected chi connectivity index (χ1v) is 8.94. The molecule has 25 heavy (non-hydrogen) atoms. The first-order valence-electron chi connectivity index (χ1n) is 8.94. The van der Waals surface area contributed by atoms with Gasteiger partial charge < -0.3 is 15.4 Å². The monoisotopic (exact) mass is 349 g/mol. The van der Waals surface area contributed by atoms with Gasteiger partial charge in [0, 0.05) is 25.2 Å². The fourth-order valence-corrected chi connectivity index (χ4v) is 2.13. The van der Waals surface area contributed by atoms with Crippen LogP contribution in [0.1, 0.15) is 70.7 Å². The highest BCUT2D eigenvalue weighted by Gasteiger charge is 2.16. The van der Waals surface area contributed by atoms with Gasteiger partial charge in [-0.25, -0.2) is 9.78 Å². The third kappa shape index (κ3) is 8.52. The number of nitrogens with zero attached hydrogens (tertiary/aromatic N) is 1. The van der Waals surface area contributed by atoms with Crippen molar-refractivity contribution < 1.29 is 14.3 Å². The topological polar surface area (TPSA) is 80.3 Å². The van der Waals surface area contributed by atoms with Crippen LogP contribution in [-0.4, -0.2) is 35.0 Å². The Balaban J connectivity index is 2.39. The molecule has 1 rings (SSSR count). The van der Waals surface area contributed by atoms with Crippen LogP contribution in [0.2, 0.25) is 0 Å². The molecule has 1 aromatic heterocycles. The van der Waals surface area contributed by atoms with Crippen LogP contribution in [0, 0.1) is 0 Å².